The third-order valence-corrected chi connectivity index (χ3v) is 2.58. The monoisotopic (exact) mass is 193 g/mol. The molecular weight excluding hydrogens is 178 g/mol. The van der Waals surface area contributed by atoms with Crippen LogP contribution >= 0.6 is 0 Å². The van der Waals surface area contributed by atoms with Crippen LogP contribution in [-0.4, -0.2) is 17.3 Å². The molecule has 1 aliphatic carbocycles. The summed E-state index contributed by atoms with van der Waals surface area (Å²) in [5, 5.41) is 9.18. The highest BCUT2D eigenvalue weighted by Gasteiger charge is 2.37. The van der Waals surface area contributed by atoms with E-state index >= 15 is 0 Å². The smallest absolute Gasteiger partial charge is 0.122 e. The van der Waals surface area contributed by atoms with E-state index in [9.17, 15) is 5.11 Å². The SMILES string of the molecule is NC1(CCOc2cccc(O)c2)CC1. The van der Waals surface area contributed by atoms with Gasteiger partial charge in [-0.2, -0.15) is 0 Å². The molecule has 3 heteroatoms. The van der Waals surface area contributed by atoms with Gasteiger partial charge in [0.1, 0.15) is 11.5 Å². The Morgan fingerprint density at radius 1 is 1.43 bits per heavy atom. The van der Waals surface area contributed by atoms with Crippen LogP contribution in [0.1, 0.15) is 19.3 Å². The first kappa shape index (κ1) is 9.34. The summed E-state index contributed by atoms with van der Waals surface area (Å²) in [6.45, 7) is 0.625. The molecule has 0 atom stereocenters. The van der Waals surface area contributed by atoms with Crippen molar-refractivity contribution in [2.24, 2.45) is 5.73 Å². The maximum absolute atomic E-state index is 9.18. The Morgan fingerprint density at radius 3 is 2.86 bits per heavy atom. The number of rotatable bonds is 4. The van der Waals surface area contributed by atoms with Crippen LogP contribution in [0.2, 0.25) is 0 Å². The molecule has 2 rings (SSSR count). The van der Waals surface area contributed by atoms with Crippen molar-refractivity contribution < 1.29 is 9.84 Å². The van der Waals surface area contributed by atoms with Crippen molar-refractivity contribution in [1.29, 1.82) is 0 Å². The number of hydrogen-bond donors (Lipinski definition) is 2. The van der Waals surface area contributed by atoms with Gasteiger partial charge in [0, 0.05) is 11.6 Å². The Balaban J connectivity index is 1.80. The Hall–Kier alpha value is -1.22. The molecule has 0 amide bonds. The van der Waals surface area contributed by atoms with E-state index in [-0.39, 0.29) is 11.3 Å². The van der Waals surface area contributed by atoms with Crippen molar-refractivity contribution in [3.05, 3.63) is 24.3 Å². The number of hydrogen-bond acceptors (Lipinski definition) is 3. The molecule has 1 aromatic rings. The van der Waals surface area contributed by atoms with Gasteiger partial charge in [0.25, 0.3) is 0 Å². The second-order valence-electron chi connectivity index (χ2n) is 3.96. The lowest BCUT2D eigenvalue weighted by Crippen LogP contribution is -2.24. The normalized spacial score (nSPS) is 17.8. The van der Waals surface area contributed by atoms with Crippen LogP contribution in [0.15, 0.2) is 24.3 Å². The van der Waals surface area contributed by atoms with Gasteiger partial charge in [0.05, 0.1) is 6.61 Å². The first-order valence-corrected chi connectivity index (χ1v) is 4.89. The fourth-order valence-corrected chi connectivity index (χ4v) is 1.36. The largest absolute Gasteiger partial charge is 0.508 e. The number of nitrogens with two attached hydrogens (primary N) is 1. The molecule has 0 heterocycles. The Kier molecular flexibility index (Phi) is 2.33. The van der Waals surface area contributed by atoms with Crippen molar-refractivity contribution in [1.82, 2.24) is 0 Å². The number of phenolic OH excluding ortho intramolecular Hbond substituents is 1. The molecule has 3 nitrogen and oxygen atoms in total. The van der Waals surface area contributed by atoms with Crippen LogP contribution in [0.3, 0.4) is 0 Å². The lowest BCUT2D eigenvalue weighted by Gasteiger charge is -2.10. The van der Waals surface area contributed by atoms with Gasteiger partial charge in [-0.05, 0) is 31.4 Å². The molecule has 0 saturated heterocycles. The van der Waals surface area contributed by atoms with E-state index in [2.05, 4.69) is 0 Å². The van der Waals surface area contributed by atoms with Crippen LogP contribution in [0, 0.1) is 0 Å². The van der Waals surface area contributed by atoms with Gasteiger partial charge in [-0.1, -0.05) is 6.07 Å². The topological polar surface area (TPSA) is 55.5 Å². The van der Waals surface area contributed by atoms with Crippen LogP contribution in [0.5, 0.6) is 11.5 Å². The minimum absolute atomic E-state index is 0.0385. The third-order valence-electron chi connectivity index (χ3n) is 2.58. The zero-order valence-corrected chi connectivity index (χ0v) is 8.07. The predicted octanol–water partition coefficient (Wildman–Crippen LogP) is 1.65. The predicted molar refractivity (Wildman–Crippen MR) is 54.4 cm³/mol. The average molecular weight is 193 g/mol. The zero-order chi connectivity index (χ0) is 10.0. The molecule has 0 aromatic heterocycles. The average Bonchev–Trinajstić information content (AvgIpc) is 2.84. The summed E-state index contributed by atoms with van der Waals surface area (Å²) in [5.41, 5.74) is 5.95. The Bertz CT molecular complexity index is 321. The summed E-state index contributed by atoms with van der Waals surface area (Å²) in [5.74, 6) is 0.936. The molecule has 1 aliphatic rings. The lowest BCUT2D eigenvalue weighted by atomic mass is 10.2. The third kappa shape index (κ3) is 2.39. The number of aromatic hydroxyl groups is 1. The highest BCUT2D eigenvalue weighted by Crippen LogP contribution is 2.35. The van der Waals surface area contributed by atoms with Gasteiger partial charge in [-0.25, -0.2) is 0 Å². The van der Waals surface area contributed by atoms with E-state index in [1.807, 2.05) is 6.07 Å². The first-order valence-electron chi connectivity index (χ1n) is 4.89. The second-order valence-corrected chi connectivity index (χ2v) is 3.96. The highest BCUT2D eigenvalue weighted by molar-refractivity contribution is 5.31. The minimum Gasteiger partial charge on any atom is -0.508 e. The van der Waals surface area contributed by atoms with E-state index in [0.29, 0.717) is 12.4 Å². The molecular formula is C11H15NO2. The summed E-state index contributed by atoms with van der Waals surface area (Å²) < 4.78 is 5.46. The van der Waals surface area contributed by atoms with E-state index in [4.69, 9.17) is 10.5 Å². The lowest BCUT2D eigenvalue weighted by molar-refractivity contribution is 0.292. The van der Waals surface area contributed by atoms with Crippen molar-refractivity contribution in [2.75, 3.05) is 6.61 Å². The quantitative estimate of drug-likeness (QED) is 0.764. The molecule has 1 saturated carbocycles. The molecule has 0 spiro atoms. The molecule has 0 aliphatic heterocycles. The molecule has 1 aromatic carbocycles. The fraction of sp³-hybridized carbons (Fsp3) is 0.455. The maximum atomic E-state index is 9.18. The number of phenols is 1. The van der Waals surface area contributed by atoms with Gasteiger partial charge < -0.3 is 15.6 Å². The molecule has 14 heavy (non-hydrogen) atoms. The van der Waals surface area contributed by atoms with E-state index in [1.54, 1.807) is 18.2 Å². The second kappa shape index (κ2) is 3.50. The number of ether oxygens (including phenoxy) is 1. The van der Waals surface area contributed by atoms with E-state index < -0.39 is 0 Å². The minimum atomic E-state index is 0.0385. The first-order chi connectivity index (χ1) is 6.68. The Labute approximate surface area is 83.5 Å². The van der Waals surface area contributed by atoms with Crippen molar-refractivity contribution in [2.45, 2.75) is 24.8 Å². The molecule has 76 valence electrons. The van der Waals surface area contributed by atoms with E-state index in [0.717, 1.165) is 19.3 Å². The van der Waals surface area contributed by atoms with Gasteiger partial charge in [0.2, 0.25) is 0 Å². The van der Waals surface area contributed by atoms with Gasteiger partial charge >= 0.3 is 0 Å². The van der Waals surface area contributed by atoms with Crippen molar-refractivity contribution in [3.63, 3.8) is 0 Å². The van der Waals surface area contributed by atoms with Crippen molar-refractivity contribution in [3.8, 4) is 11.5 Å². The summed E-state index contributed by atoms with van der Waals surface area (Å²) in [6.07, 6.45) is 3.11. The van der Waals surface area contributed by atoms with Crippen LogP contribution in [0.25, 0.3) is 0 Å². The van der Waals surface area contributed by atoms with Crippen LogP contribution in [-0.2, 0) is 0 Å². The fourth-order valence-electron chi connectivity index (χ4n) is 1.36. The van der Waals surface area contributed by atoms with Crippen LogP contribution < -0.4 is 10.5 Å². The summed E-state index contributed by atoms with van der Waals surface area (Å²) in [4.78, 5) is 0. The standard InChI is InChI=1S/C11H15NO2/c12-11(4-5-11)6-7-14-10-3-1-2-9(13)8-10/h1-3,8,13H,4-7,12H2. The zero-order valence-electron chi connectivity index (χ0n) is 8.07. The maximum Gasteiger partial charge on any atom is 0.122 e. The summed E-state index contributed by atoms with van der Waals surface area (Å²) in [7, 11) is 0. The number of benzene rings is 1. The molecule has 0 radical (unpaired) electrons. The Morgan fingerprint density at radius 2 is 2.21 bits per heavy atom. The highest BCUT2D eigenvalue weighted by atomic mass is 16.5. The molecule has 3 N–H and O–H groups in total. The van der Waals surface area contributed by atoms with E-state index in [1.165, 1.54) is 0 Å². The van der Waals surface area contributed by atoms with Gasteiger partial charge in [-0.3, -0.25) is 0 Å². The summed E-state index contributed by atoms with van der Waals surface area (Å²) in [6, 6.07) is 6.82. The van der Waals surface area contributed by atoms with Crippen molar-refractivity contribution >= 4 is 0 Å². The van der Waals surface area contributed by atoms with Gasteiger partial charge in [-0.15, -0.1) is 0 Å². The molecule has 0 bridgehead atoms. The molecule has 0 unspecified atom stereocenters. The molecule has 1 fully saturated rings. The van der Waals surface area contributed by atoms with Gasteiger partial charge in [0.15, 0.2) is 0 Å². The summed E-state index contributed by atoms with van der Waals surface area (Å²) >= 11 is 0. The van der Waals surface area contributed by atoms with Crippen LogP contribution in [0.4, 0.5) is 0 Å².